The molecule has 2 aromatic rings. The van der Waals surface area contributed by atoms with Crippen molar-refractivity contribution in [3.63, 3.8) is 0 Å². The highest BCUT2D eigenvalue weighted by Crippen LogP contribution is 2.15. The molecule has 0 atom stereocenters. The Balaban J connectivity index is 2.16. The number of benzene rings is 1. The Kier molecular flexibility index (Phi) is 3.06. The number of fused-ring (bicyclic) bond motifs is 1. The zero-order chi connectivity index (χ0) is 10.7. The van der Waals surface area contributed by atoms with Crippen molar-refractivity contribution in [2.24, 2.45) is 0 Å². The van der Waals surface area contributed by atoms with Gasteiger partial charge in [0, 0.05) is 12.4 Å². The maximum atomic E-state index is 12.9. The molecule has 0 aliphatic carbocycles. The first-order valence-electron chi connectivity index (χ1n) is 4.75. The van der Waals surface area contributed by atoms with Gasteiger partial charge < -0.3 is 10.3 Å². The van der Waals surface area contributed by atoms with Crippen molar-refractivity contribution in [3.05, 3.63) is 24.0 Å². The molecule has 80 valence electrons. The minimum Gasteiger partial charge on any atom is -0.356 e. The molecule has 3 nitrogen and oxygen atoms in total. The van der Waals surface area contributed by atoms with Gasteiger partial charge in [-0.3, -0.25) is 0 Å². The van der Waals surface area contributed by atoms with E-state index in [0.717, 1.165) is 18.5 Å². The molecule has 0 unspecified atom stereocenters. The first-order valence-corrected chi connectivity index (χ1v) is 5.28. The molecular formula is C10H11ClFN3. The molecule has 0 amide bonds. The highest BCUT2D eigenvalue weighted by atomic mass is 35.5. The first-order chi connectivity index (χ1) is 7.29. The molecule has 0 spiro atoms. The third kappa shape index (κ3) is 2.39. The van der Waals surface area contributed by atoms with Crippen LogP contribution in [0.25, 0.3) is 11.0 Å². The topological polar surface area (TPSA) is 40.7 Å². The van der Waals surface area contributed by atoms with Crippen LogP contribution in [0, 0.1) is 5.82 Å². The number of nitrogens with zero attached hydrogens (tertiary/aromatic N) is 1. The van der Waals surface area contributed by atoms with Crippen LogP contribution in [0.5, 0.6) is 0 Å². The molecule has 1 heterocycles. The summed E-state index contributed by atoms with van der Waals surface area (Å²) in [6, 6.07) is 4.47. The van der Waals surface area contributed by atoms with E-state index in [1.54, 1.807) is 6.07 Å². The van der Waals surface area contributed by atoms with E-state index in [1.165, 1.54) is 12.1 Å². The van der Waals surface area contributed by atoms with Crippen LogP contribution in [0.2, 0.25) is 0 Å². The number of hydrogen-bond acceptors (Lipinski definition) is 2. The number of nitrogens with one attached hydrogen (secondary N) is 2. The normalized spacial score (nSPS) is 10.8. The number of H-pyrrole nitrogens is 1. The van der Waals surface area contributed by atoms with Gasteiger partial charge in [-0.1, -0.05) is 0 Å². The lowest BCUT2D eigenvalue weighted by Gasteiger charge is -1.98. The molecule has 0 saturated heterocycles. The average Bonchev–Trinajstić information content (AvgIpc) is 2.60. The van der Waals surface area contributed by atoms with Crippen molar-refractivity contribution in [2.75, 3.05) is 17.7 Å². The van der Waals surface area contributed by atoms with Crippen LogP contribution >= 0.6 is 11.6 Å². The Morgan fingerprint density at radius 3 is 3.13 bits per heavy atom. The zero-order valence-electron chi connectivity index (χ0n) is 8.06. The predicted octanol–water partition coefficient (Wildman–Crippen LogP) is 2.74. The van der Waals surface area contributed by atoms with E-state index in [4.69, 9.17) is 11.6 Å². The summed E-state index contributed by atoms with van der Waals surface area (Å²) in [7, 11) is 0. The van der Waals surface area contributed by atoms with Crippen LogP contribution in [0.4, 0.5) is 10.3 Å². The summed E-state index contributed by atoms with van der Waals surface area (Å²) in [6.45, 7) is 0.756. The van der Waals surface area contributed by atoms with Gasteiger partial charge in [-0.05, 0) is 24.6 Å². The van der Waals surface area contributed by atoms with Crippen LogP contribution < -0.4 is 5.32 Å². The molecule has 0 radical (unpaired) electrons. The maximum absolute atomic E-state index is 12.9. The monoisotopic (exact) mass is 227 g/mol. The minimum absolute atomic E-state index is 0.265. The fourth-order valence-electron chi connectivity index (χ4n) is 1.34. The van der Waals surface area contributed by atoms with E-state index in [-0.39, 0.29) is 5.82 Å². The molecule has 2 N–H and O–H groups in total. The second-order valence-electron chi connectivity index (χ2n) is 3.22. The van der Waals surface area contributed by atoms with Gasteiger partial charge >= 0.3 is 0 Å². The van der Waals surface area contributed by atoms with Crippen LogP contribution in [-0.4, -0.2) is 22.4 Å². The van der Waals surface area contributed by atoms with Gasteiger partial charge in [-0.2, -0.15) is 0 Å². The van der Waals surface area contributed by atoms with Crippen molar-refractivity contribution < 1.29 is 4.39 Å². The number of imidazole rings is 1. The molecular weight excluding hydrogens is 217 g/mol. The Morgan fingerprint density at radius 1 is 1.47 bits per heavy atom. The largest absolute Gasteiger partial charge is 0.356 e. The van der Waals surface area contributed by atoms with Crippen LogP contribution in [0.3, 0.4) is 0 Å². The van der Waals surface area contributed by atoms with E-state index in [2.05, 4.69) is 15.3 Å². The van der Waals surface area contributed by atoms with Crippen LogP contribution in [0.1, 0.15) is 6.42 Å². The van der Waals surface area contributed by atoms with Crippen molar-refractivity contribution in [1.29, 1.82) is 0 Å². The molecule has 0 aliphatic heterocycles. The van der Waals surface area contributed by atoms with Gasteiger partial charge in [0.2, 0.25) is 5.95 Å². The van der Waals surface area contributed by atoms with Gasteiger partial charge in [0.25, 0.3) is 0 Å². The van der Waals surface area contributed by atoms with Gasteiger partial charge in [0.05, 0.1) is 11.0 Å². The quantitative estimate of drug-likeness (QED) is 0.623. The SMILES string of the molecule is Fc1ccc2nc(NCCCCl)[nH]c2c1. The van der Waals surface area contributed by atoms with Gasteiger partial charge in [-0.15, -0.1) is 11.6 Å². The number of alkyl halides is 1. The lowest BCUT2D eigenvalue weighted by molar-refractivity contribution is 0.629. The van der Waals surface area contributed by atoms with Crippen molar-refractivity contribution >= 4 is 28.6 Å². The number of aromatic amines is 1. The molecule has 2 rings (SSSR count). The zero-order valence-corrected chi connectivity index (χ0v) is 8.81. The third-order valence-corrected chi connectivity index (χ3v) is 2.31. The second-order valence-corrected chi connectivity index (χ2v) is 3.59. The highest BCUT2D eigenvalue weighted by molar-refractivity contribution is 6.17. The summed E-state index contributed by atoms with van der Waals surface area (Å²) in [4.78, 5) is 7.24. The smallest absolute Gasteiger partial charge is 0.201 e. The molecule has 0 bridgehead atoms. The standard InChI is InChI=1S/C10H11ClFN3/c11-4-1-5-13-10-14-8-3-2-7(12)6-9(8)15-10/h2-3,6H,1,4-5H2,(H2,13,14,15). The number of rotatable bonds is 4. The lowest BCUT2D eigenvalue weighted by Crippen LogP contribution is -2.02. The highest BCUT2D eigenvalue weighted by Gasteiger charge is 2.02. The Labute approximate surface area is 91.7 Å². The number of aromatic nitrogens is 2. The summed E-state index contributed by atoms with van der Waals surface area (Å²) < 4.78 is 12.9. The lowest BCUT2D eigenvalue weighted by atomic mass is 10.3. The first kappa shape index (κ1) is 10.2. The number of halogens is 2. The van der Waals surface area contributed by atoms with E-state index in [9.17, 15) is 4.39 Å². The predicted molar refractivity (Wildman–Crippen MR) is 59.9 cm³/mol. The van der Waals surface area contributed by atoms with Crippen LogP contribution in [-0.2, 0) is 0 Å². The molecule has 0 aliphatic rings. The summed E-state index contributed by atoms with van der Waals surface area (Å²) in [5.74, 6) is 1.00. The summed E-state index contributed by atoms with van der Waals surface area (Å²) in [6.07, 6.45) is 0.868. The molecule has 0 saturated carbocycles. The summed E-state index contributed by atoms with van der Waals surface area (Å²) >= 11 is 5.55. The third-order valence-electron chi connectivity index (χ3n) is 2.05. The van der Waals surface area contributed by atoms with E-state index in [0.29, 0.717) is 17.3 Å². The number of hydrogen-bond donors (Lipinski definition) is 2. The Bertz CT molecular complexity index is 455. The molecule has 15 heavy (non-hydrogen) atoms. The van der Waals surface area contributed by atoms with Gasteiger partial charge in [0.15, 0.2) is 0 Å². The van der Waals surface area contributed by atoms with Crippen LogP contribution in [0.15, 0.2) is 18.2 Å². The van der Waals surface area contributed by atoms with Gasteiger partial charge in [0.1, 0.15) is 5.82 Å². The molecule has 1 aromatic heterocycles. The fourth-order valence-corrected chi connectivity index (χ4v) is 1.47. The molecule has 1 aromatic carbocycles. The maximum Gasteiger partial charge on any atom is 0.201 e. The molecule has 5 heteroatoms. The molecule has 0 fully saturated rings. The van der Waals surface area contributed by atoms with E-state index >= 15 is 0 Å². The van der Waals surface area contributed by atoms with Crippen molar-refractivity contribution in [3.8, 4) is 0 Å². The Morgan fingerprint density at radius 2 is 2.33 bits per heavy atom. The summed E-state index contributed by atoms with van der Waals surface area (Å²) in [5.41, 5.74) is 1.45. The fraction of sp³-hybridized carbons (Fsp3) is 0.300. The average molecular weight is 228 g/mol. The second kappa shape index (κ2) is 4.49. The number of anilines is 1. The van der Waals surface area contributed by atoms with Crippen molar-refractivity contribution in [1.82, 2.24) is 9.97 Å². The van der Waals surface area contributed by atoms with E-state index < -0.39 is 0 Å². The van der Waals surface area contributed by atoms with Gasteiger partial charge in [-0.25, -0.2) is 9.37 Å². The van der Waals surface area contributed by atoms with Crippen molar-refractivity contribution in [2.45, 2.75) is 6.42 Å². The Hall–Kier alpha value is -1.29. The summed E-state index contributed by atoms with van der Waals surface area (Å²) in [5, 5.41) is 3.08. The van der Waals surface area contributed by atoms with E-state index in [1.807, 2.05) is 0 Å². The minimum atomic E-state index is -0.265.